The molecule has 0 radical (unpaired) electrons. The second-order valence-electron chi connectivity index (χ2n) is 3.33. The topological polar surface area (TPSA) is 85.3 Å². The Bertz CT molecular complexity index is 462. The minimum Gasteiger partial charge on any atom is -0.478 e. The monoisotopic (exact) mass is 194 g/mol. The molecular formula is C9H10N2O3. The number of hydrogen-bond acceptors (Lipinski definition) is 3. The summed E-state index contributed by atoms with van der Waals surface area (Å²) in [6.45, 7) is 0.569. The molecule has 0 saturated heterocycles. The Morgan fingerprint density at radius 3 is 2.93 bits per heavy atom. The normalized spacial score (nSPS) is 14.0. The Labute approximate surface area is 79.8 Å². The molecule has 0 unspecified atom stereocenters. The first kappa shape index (κ1) is 8.80. The number of aromatic nitrogens is 1. The van der Waals surface area contributed by atoms with E-state index in [2.05, 4.69) is 0 Å². The molecule has 5 nitrogen and oxygen atoms in total. The van der Waals surface area contributed by atoms with Crippen LogP contribution < -0.4 is 11.3 Å². The second-order valence-corrected chi connectivity index (χ2v) is 3.33. The van der Waals surface area contributed by atoms with Crippen molar-refractivity contribution in [1.29, 1.82) is 0 Å². The predicted octanol–water partition coefficient (Wildman–Crippen LogP) is 0.0749. The number of carboxylic acid groups (broad SMARTS) is 1. The number of hydrogen-bond donors (Lipinski definition) is 2. The van der Waals surface area contributed by atoms with Gasteiger partial charge in [0, 0.05) is 12.2 Å². The van der Waals surface area contributed by atoms with E-state index < -0.39 is 5.97 Å². The molecule has 0 aliphatic carbocycles. The van der Waals surface area contributed by atoms with Crippen LogP contribution in [0.3, 0.4) is 0 Å². The minimum absolute atomic E-state index is 0.00745. The summed E-state index contributed by atoms with van der Waals surface area (Å²) in [5.74, 6) is -1.03. The number of carbonyl (C=O) groups is 1. The maximum Gasteiger partial charge on any atom is 0.337 e. The van der Waals surface area contributed by atoms with Gasteiger partial charge in [0.15, 0.2) is 0 Å². The van der Waals surface area contributed by atoms with Gasteiger partial charge >= 0.3 is 5.97 Å². The van der Waals surface area contributed by atoms with Gasteiger partial charge in [0.2, 0.25) is 0 Å². The van der Waals surface area contributed by atoms with Gasteiger partial charge in [0.25, 0.3) is 5.56 Å². The zero-order valence-electron chi connectivity index (χ0n) is 7.49. The number of pyridine rings is 1. The molecule has 2 rings (SSSR count). The first-order valence-corrected chi connectivity index (χ1v) is 4.36. The van der Waals surface area contributed by atoms with Gasteiger partial charge in [-0.1, -0.05) is 0 Å². The van der Waals surface area contributed by atoms with Gasteiger partial charge in [0.05, 0.1) is 11.3 Å². The van der Waals surface area contributed by atoms with E-state index in [1.54, 1.807) is 0 Å². The van der Waals surface area contributed by atoms with E-state index in [1.165, 1.54) is 10.6 Å². The van der Waals surface area contributed by atoms with Crippen molar-refractivity contribution in [2.24, 2.45) is 0 Å². The van der Waals surface area contributed by atoms with Crippen LogP contribution in [0.2, 0.25) is 0 Å². The van der Waals surface area contributed by atoms with E-state index >= 15 is 0 Å². The van der Waals surface area contributed by atoms with E-state index in [0.29, 0.717) is 18.7 Å². The Hall–Kier alpha value is -1.78. The Morgan fingerprint density at radius 2 is 2.29 bits per heavy atom. The van der Waals surface area contributed by atoms with Gasteiger partial charge in [-0.3, -0.25) is 4.79 Å². The van der Waals surface area contributed by atoms with Gasteiger partial charge < -0.3 is 15.4 Å². The lowest BCUT2D eigenvalue weighted by Crippen LogP contribution is -2.24. The van der Waals surface area contributed by atoms with Crippen molar-refractivity contribution in [3.63, 3.8) is 0 Å². The third-order valence-corrected chi connectivity index (χ3v) is 2.45. The third-order valence-electron chi connectivity index (χ3n) is 2.45. The third kappa shape index (κ3) is 1.09. The zero-order valence-corrected chi connectivity index (χ0v) is 7.49. The maximum absolute atomic E-state index is 11.5. The number of aromatic carboxylic acids is 1. The van der Waals surface area contributed by atoms with Crippen LogP contribution >= 0.6 is 0 Å². The molecular weight excluding hydrogens is 184 g/mol. The first-order valence-electron chi connectivity index (χ1n) is 4.36. The minimum atomic E-state index is -1.03. The first-order chi connectivity index (χ1) is 6.61. The van der Waals surface area contributed by atoms with E-state index in [4.69, 9.17) is 10.8 Å². The fourth-order valence-electron chi connectivity index (χ4n) is 1.82. The summed E-state index contributed by atoms with van der Waals surface area (Å²) in [4.78, 5) is 22.3. The average Bonchev–Trinajstić information content (AvgIpc) is 2.59. The van der Waals surface area contributed by atoms with E-state index in [9.17, 15) is 9.59 Å². The lowest BCUT2D eigenvalue weighted by Gasteiger charge is -2.07. The van der Waals surface area contributed by atoms with Gasteiger partial charge in [-0.05, 0) is 18.9 Å². The highest BCUT2D eigenvalue weighted by Gasteiger charge is 2.21. The number of anilines is 1. The lowest BCUT2D eigenvalue weighted by atomic mass is 10.1. The van der Waals surface area contributed by atoms with Crippen molar-refractivity contribution in [3.8, 4) is 0 Å². The van der Waals surface area contributed by atoms with Crippen LogP contribution in [0.15, 0.2) is 10.9 Å². The van der Waals surface area contributed by atoms with Crippen LogP contribution in [-0.4, -0.2) is 15.6 Å². The van der Waals surface area contributed by atoms with Crippen LogP contribution in [0.25, 0.3) is 0 Å². The van der Waals surface area contributed by atoms with Crippen LogP contribution in [-0.2, 0) is 13.0 Å². The van der Waals surface area contributed by atoms with Crippen molar-refractivity contribution in [3.05, 3.63) is 27.7 Å². The summed E-state index contributed by atoms with van der Waals surface area (Å²) in [6, 6.07) is 1.25. The van der Waals surface area contributed by atoms with E-state index in [1.807, 2.05) is 0 Å². The fourth-order valence-corrected chi connectivity index (χ4v) is 1.82. The van der Waals surface area contributed by atoms with Crippen LogP contribution in [0.4, 0.5) is 5.69 Å². The average molecular weight is 194 g/mol. The number of nitrogens with two attached hydrogens (primary N) is 1. The molecule has 0 aromatic carbocycles. The van der Waals surface area contributed by atoms with Crippen LogP contribution in [0, 0.1) is 0 Å². The van der Waals surface area contributed by atoms with E-state index in [0.717, 1.165) is 6.42 Å². The quantitative estimate of drug-likeness (QED) is 0.662. The number of fused-ring (bicyclic) bond motifs is 1. The van der Waals surface area contributed by atoms with E-state index in [-0.39, 0.29) is 16.8 Å². The second kappa shape index (κ2) is 2.87. The van der Waals surface area contributed by atoms with Crippen molar-refractivity contribution < 1.29 is 9.90 Å². The molecule has 3 N–H and O–H groups in total. The zero-order chi connectivity index (χ0) is 10.3. The fraction of sp³-hybridized carbons (Fsp3) is 0.333. The van der Waals surface area contributed by atoms with Gasteiger partial charge in [0.1, 0.15) is 0 Å². The standard InChI is InChI=1S/C9H10N2O3/c10-6-4-5(9(13)14)7-2-1-3-11(7)8(6)12/h4H,1-3,10H2,(H,13,14). The molecule has 1 aromatic heterocycles. The molecule has 14 heavy (non-hydrogen) atoms. The molecule has 1 aromatic rings. The smallest absolute Gasteiger partial charge is 0.337 e. The van der Waals surface area contributed by atoms with Gasteiger partial charge in [-0.15, -0.1) is 0 Å². The number of nitrogens with zero attached hydrogens (tertiary/aromatic N) is 1. The molecule has 2 heterocycles. The van der Waals surface area contributed by atoms with Crippen molar-refractivity contribution >= 4 is 11.7 Å². The van der Waals surface area contributed by atoms with Crippen molar-refractivity contribution in [1.82, 2.24) is 4.57 Å². The van der Waals surface area contributed by atoms with Crippen LogP contribution in [0.1, 0.15) is 22.5 Å². The van der Waals surface area contributed by atoms with Gasteiger partial charge in [-0.2, -0.15) is 0 Å². The van der Waals surface area contributed by atoms with Crippen LogP contribution in [0.5, 0.6) is 0 Å². The summed E-state index contributed by atoms with van der Waals surface area (Å²) in [5.41, 5.74) is 5.91. The summed E-state index contributed by atoms with van der Waals surface area (Å²) in [6.07, 6.45) is 1.44. The molecule has 0 spiro atoms. The number of carboxylic acids is 1. The Morgan fingerprint density at radius 1 is 1.57 bits per heavy atom. The molecule has 1 aliphatic heterocycles. The highest BCUT2D eigenvalue weighted by Crippen LogP contribution is 2.18. The van der Waals surface area contributed by atoms with Crippen molar-refractivity contribution in [2.75, 3.05) is 5.73 Å². The molecule has 1 aliphatic rings. The largest absolute Gasteiger partial charge is 0.478 e. The number of rotatable bonds is 1. The van der Waals surface area contributed by atoms with Gasteiger partial charge in [-0.25, -0.2) is 4.79 Å². The Kier molecular flexibility index (Phi) is 1.80. The summed E-state index contributed by atoms with van der Waals surface area (Å²) in [7, 11) is 0. The number of nitrogen functional groups attached to an aromatic ring is 1. The molecule has 0 fully saturated rings. The highest BCUT2D eigenvalue weighted by molar-refractivity contribution is 5.90. The molecule has 0 amide bonds. The SMILES string of the molecule is Nc1cc(C(=O)O)c2n(c1=O)CCC2. The molecule has 0 atom stereocenters. The maximum atomic E-state index is 11.5. The van der Waals surface area contributed by atoms with Crippen molar-refractivity contribution in [2.45, 2.75) is 19.4 Å². The summed E-state index contributed by atoms with van der Waals surface area (Å²) < 4.78 is 1.46. The molecule has 0 bridgehead atoms. The lowest BCUT2D eigenvalue weighted by molar-refractivity contribution is 0.0695. The molecule has 0 saturated carbocycles. The molecule has 74 valence electrons. The predicted molar refractivity (Wildman–Crippen MR) is 50.4 cm³/mol. The Balaban J connectivity index is 2.76. The summed E-state index contributed by atoms with van der Waals surface area (Å²) in [5, 5.41) is 8.89. The molecule has 5 heteroatoms. The highest BCUT2D eigenvalue weighted by atomic mass is 16.4. The summed E-state index contributed by atoms with van der Waals surface area (Å²) >= 11 is 0.